The molecule has 0 aromatic carbocycles. The van der Waals surface area contributed by atoms with Gasteiger partial charge in [-0.3, -0.25) is 4.79 Å². The second-order valence-corrected chi connectivity index (χ2v) is 9.48. The van der Waals surface area contributed by atoms with Crippen LogP contribution in [0.2, 0.25) is 0 Å². The molecule has 2 rings (SSSR count). The van der Waals surface area contributed by atoms with E-state index in [1.807, 2.05) is 13.8 Å². The number of Topliss-reactive ketones (excluding diaryl/α,β-unsaturated/α-hetero) is 1. The molecule has 7 heteroatoms. The monoisotopic (exact) mass is 333 g/mol. The minimum Gasteiger partial charge on any atom is -0.386 e. The lowest BCUT2D eigenvalue weighted by Gasteiger charge is -2.36. The fraction of sp³-hybridized carbons (Fsp3) is 0.933. The lowest BCUT2D eigenvalue weighted by Crippen LogP contribution is -2.49. The zero-order valence-electron chi connectivity index (χ0n) is 13.8. The van der Waals surface area contributed by atoms with Crippen LogP contribution in [0, 0.1) is 16.7 Å². The number of hydrogen-bond acceptors (Lipinski definition) is 5. The number of nitrogens with one attached hydrogen (secondary N) is 1. The van der Waals surface area contributed by atoms with Crippen LogP contribution < -0.4 is 4.72 Å². The molecule has 0 aromatic heterocycles. The Bertz CT molecular complexity index is 554. The molecule has 128 valence electrons. The highest BCUT2D eigenvalue weighted by Gasteiger charge is 2.65. The Balaban J connectivity index is 2.11. The standard InChI is InChI=1S/C15H27NO5S/c1-13(2)11-5-6-15(13,12(17)7-11)10-22(19,20)16-8-14(3,18)9-21-4/h11,16,18H,5-10H2,1-4H3/t11-,14-,15-/m0/s1. The minimum absolute atomic E-state index is 0.0349. The summed E-state index contributed by atoms with van der Waals surface area (Å²) in [7, 11) is -2.21. The highest BCUT2D eigenvalue weighted by Crippen LogP contribution is 2.64. The van der Waals surface area contributed by atoms with Crippen molar-refractivity contribution < 1.29 is 23.1 Å². The first-order valence-electron chi connectivity index (χ1n) is 7.68. The molecule has 2 N–H and O–H groups in total. The SMILES string of the molecule is COC[C@@](C)(O)CNS(=O)(=O)C[C@@]12CC[C@@H](CC1=O)C2(C)C. The average molecular weight is 333 g/mol. The Labute approximate surface area is 132 Å². The Morgan fingerprint density at radius 1 is 1.45 bits per heavy atom. The van der Waals surface area contributed by atoms with Crippen LogP contribution in [0.4, 0.5) is 0 Å². The maximum Gasteiger partial charge on any atom is 0.212 e. The second kappa shape index (κ2) is 5.54. The quantitative estimate of drug-likeness (QED) is 0.715. The number of methoxy groups -OCH3 is 1. The molecular weight excluding hydrogens is 306 g/mol. The lowest BCUT2D eigenvalue weighted by molar-refractivity contribution is -0.128. The van der Waals surface area contributed by atoms with E-state index in [0.29, 0.717) is 12.8 Å². The maximum atomic E-state index is 12.4. The van der Waals surface area contributed by atoms with Crippen molar-refractivity contribution >= 4 is 15.8 Å². The Kier molecular flexibility index (Phi) is 4.50. The van der Waals surface area contributed by atoms with Crippen molar-refractivity contribution in [2.24, 2.45) is 16.7 Å². The topological polar surface area (TPSA) is 92.7 Å². The fourth-order valence-electron chi connectivity index (χ4n) is 4.11. The predicted molar refractivity (Wildman–Crippen MR) is 82.9 cm³/mol. The molecule has 0 aliphatic heterocycles. The van der Waals surface area contributed by atoms with Crippen LogP contribution in [0.5, 0.6) is 0 Å². The summed E-state index contributed by atoms with van der Waals surface area (Å²) in [4.78, 5) is 12.4. The highest BCUT2D eigenvalue weighted by molar-refractivity contribution is 7.89. The highest BCUT2D eigenvalue weighted by atomic mass is 32.2. The summed E-state index contributed by atoms with van der Waals surface area (Å²) in [5, 5.41) is 10.0. The van der Waals surface area contributed by atoms with Gasteiger partial charge in [0.05, 0.1) is 18.0 Å². The van der Waals surface area contributed by atoms with Crippen molar-refractivity contribution in [2.45, 2.75) is 45.6 Å². The van der Waals surface area contributed by atoms with Gasteiger partial charge in [-0.25, -0.2) is 13.1 Å². The van der Waals surface area contributed by atoms with Gasteiger partial charge in [0.2, 0.25) is 10.0 Å². The number of carbonyl (C=O) groups excluding carboxylic acids is 1. The first-order chi connectivity index (χ1) is 9.96. The Morgan fingerprint density at radius 2 is 2.09 bits per heavy atom. The molecule has 22 heavy (non-hydrogen) atoms. The van der Waals surface area contributed by atoms with Crippen molar-refractivity contribution in [3.05, 3.63) is 0 Å². The maximum absolute atomic E-state index is 12.4. The van der Waals surface area contributed by atoms with Crippen LogP contribution in [0.1, 0.15) is 40.0 Å². The molecule has 0 spiro atoms. The summed E-state index contributed by atoms with van der Waals surface area (Å²) in [5.41, 5.74) is -2.34. The van der Waals surface area contributed by atoms with E-state index in [0.717, 1.165) is 6.42 Å². The van der Waals surface area contributed by atoms with Gasteiger partial charge in [-0.1, -0.05) is 13.8 Å². The largest absolute Gasteiger partial charge is 0.386 e. The molecule has 6 nitrogen and oxygen atoms in total. The molecular formula is C15H27NO5S. The van der Waals surface area contributed by atoms with Crippen molar-refractivity contribution in [3.8, 4) is 0 Å². The van der Waals surface area contributed by atoms with E-state index in [-0.39, 0.29) is 36.0 Å². The molecule has 3 atom stereocenters. The normalized spacial score (nSPS) is 33.1. The number of ether oxygens (including phenoxy) is 1. The third kappa shape index (κ3) is 2.96. The van der Waals surface area contributed by atoms with Gasteiger partial charge in [0, 0.05) is 25.5 Å². The van der Waals surface area contributed by atoms with Crippen LogP contribution in [0.3, 0.4) is 0 Å². The fourth-order valence-corrected chi connectivity index (χ4v) is 6.07. The molecule has 0 amide bonds. The number of carbonyl (C=O) groups is 1. The number of hydrogen-bond donors (Lipinski definition) is 2. The van der Waals surface area contributed by atoms with Gasteiger partial charge in [-0.15, -0.1) is 0 Å². The molecule has 0 saturated heterocycles. The minimum atomic E-state index is -3.65. The van der Waals surface area contributed by atoms with Crippen LogP contribution in [-0.2, 0) is 19.6 Å². The zero-order chi connectivity index (χ0) is 16.8. The van der Waals surface area contributed by atoms with Crippen molar-refractivity contribution in [1.82, 2.24) is 4.72 Å². The summed E-state index contributed by atoms with van der Waals surface area (Å²) < 4.78 is 32.2. The van der Waals surface area contributed by atoms with Gasteiger partial charge in [-0.05, 0) is 31.1 Å². The van der Waals surface area contributed by atoms with Gasteiger partial charge in [0.25, 0.3) is 0 Å². The molecule has 0 unspecified atom stereocenters. The molecule has 2 aliphatic carbocycles. The second-order valence-electron chi connectivity index (χ2n) is 7.68. The number of rotatable bonds is 7. The van der Waals surface area contributed by atoms with Crippen LogP contribution in [0.25, 0.3) is 0 Å². The number of fused-ring (bicyclic) bond motifs is 2. The van der Waals surface area contributed by atoms with Gasteiger partial charge >= 0.3 is 0 Å². The summed E-state index contributed by atoms with van der Waals surface area (Å²) in [5.74, 6) is 0.167. The molecule has 2 bridgehead atoms. The van der Waals surface area contributed by atoms with E-state index >= 15 is 0 Å². The Hall–Kier alpha value is -0.500. The number of aliphatic hydroxyl groups is 1. The van der Waals surface area contributed by atoms with E-state index in [1.165, 1.54) is 14.0 Å². The van der Waals surface area contributed by atoms with Crippen molar-refractivity contribution in [3.63, 3.8) is 0 Å². The number of sulfonamides is 1. The van der Waals surface area contributed by atoms with Crippen LogP contribution >= 0.6 is 0 Å². The van der Waals surface area contributed by atoms with E-state index in [2.05, 4.69) is 4.72 Å². The van der Waals surface area contributed by atoms with Gasteiger partial charge < -0.3 is 9.84 Å². The first-order valence-corrected chi connectivity index (χ1v) is 9.33. The van der Waals surface area contributed by atoms with Gasteiger partial charge in [0.1, 0.15) is 5.78 Å². The average Bonchev–Trinajstić information content (AvgIpc) is 2.70. The number of ketones is 1. The van der Waals surface area contributed by atoms with E-state index in [4.69, 9.17) is 4.74 Å². The van der Waals surface area contributed by atoms with Crippen molar-refractivity contribution in [2.75, 3.05) is 26.0 Å². The smallest absolute Gasteiger partial charge is 0.212 e. The first kappa shape index (κ1) is 17.8. The summed E-state index contributed by atoms with van der Waals surface area (Å²) in [6, 6.07) is 0. The predicted octanol–water partition coefficient (Wildman–Crippen LogP) is 0.699. The lowest BCUT2D eigenvalue weighted by atomic mass is 9.70. The summed E-state index contributed by atoms with van der Waals surface area (Å²) in [6.07, 6.45) is 2.04. The molecule has 2 saturated carbocycles. The zero-order valence-corrected chi connectivity index (χ0v) is 14.6. The van der Waals surface area contributed by atoms with Gasteiger partial charge in [-0.2, -0.15) is 0 Å². The van der Waals surface area contributed by atoms with Crippen molar-refractivity contribution in [1.29, 1.82) is 0 Å². The van der Waals surface area contributed by atoms with Gasteiger partial charge in [0.15, 0.2) is 0 Å². The van der Waals surface area contributed by atoms with Crippen LogP contribution in [-0.4, -0.2) is 50.9 Å². The molecule has 2 fully saturated rings. The third-order valence-electron chi connectivity index (χ3n) is 5.70. The third-order valence-corrected chi connectivity index (χ3v) is 7.16. The molecule has 0 heterocycles. The van der Waals surface area contributed by atoms with E-state index in [9.17, 15) is 18.3 Å². The summed E-state index contributed by atoms with van der Waals surface area (Å²) in [6.45, 7) is 5.43. The van der Waals surface area contributed by atoms with Crippen LogP contribution in [0.15, 0.2) is 0 Å². The molecule has 0 aromatic rings. The van der Waals surface area contributed by atoms with E-state index < -0.39 is 21.0 Å². The Morgan fingerprint density at radius 3 is 2.55 bits per heavy atom. The molecule has 0 radical (unpaired) electrons. The molecule has 2 aliphatic rings. The van der Waals surface area contributed by atoms with E-state index in [1.54, 1.807) is 0 Å². The summed E-state index contributed by atoms with van der Waals surface area (Å²) >= 11 is 0.